The lowest BCUT2D eigenvalue weighted by Crippen LogP contribution is -2.26. The van der Waals surface area contributed by atoms with E-state index in [-0.39, 0.29) is 40.3 Å². The second-order valence-electron chi connectivity index (χ2n) is 10.8. The SMILES string of the molecule is COc1cc(C(OS(=O)(=O)c2ccc(C)cc2)C(F)(F)F)ccc1Oc1cccc(F)n1.COc1cc(CC(F)(F)F)ccc1Oc1cccc(F)n1. The maximum absolute atomic E-state index is 13.7. The Balaban J connectivity index is 0.000000258. The molecule has 0 radical (unpaired) electrons. The van der Waals surface area contributed by atoms with Gasteiger partial charge in [-0.2, -0.15) is 53.5 Å². The van der Waals surface area contributed by atoms with E-state index < -0.39 is 57.3 Å². The van der Waals surface area contributed by atoms with Crippen LogP contribution in [0.3, 0.4) is 0 Å². The maximum atomic E-state index is 13.7. The third-order valence-corrected chi connectivity index (χ3v) is 8.06. The van der Waals surface area contributed by atoms with E-state index in [2.05, 4.69) is 14.2 Å². The minimum atomic E-state index is -5.06. The Morgan fingerprint density at radius 2 is 1.17 bits per heavy atom. The quantitative estimate of drug-likeness (QED) is 0.0738. The smallest absolute Gasteiger partial charge is 0.420 e. The van der Waals surface area contributed by atoms with Crippen molar-refractivity contribution in [2.24, 2.45) is 0 Å². The number of aromatic nitrogens is 2. The van der Waals surface area contributed by atoms with Crippen molar-refractivity contribution in [1.82, 2.24) is 9.97 Å². The number of halogens is 8. The highest BCUT2D eigenvalue weighted by Gasteiger charge is 2.45. The minimum absolute atomic E-state index is 0.0168. The molecular weight excluding hydrogens is 744 g/mol. The molecule has 5 aromatic rings. The van der Waals surface area contributed by atoms with Gasteiger partial charge in [0, 0.05) is 12.1 Å². The van der Waals surface area contributed by atoms with Crippen molar-refractivity contribution in [3.63, 3.8) is 0 Å². The molecule has 2 aromatic heterocycles. The zero-order valence-electron chi connectivity index (χ0n) is 27.7. The molecule has 0 aliphatic rings. The van der Waals surface area contributed by atoms with E-state index in [9.17, 15) is 43.5 Å². The number of hydrogen-bond donors (Lipinski definition) is 0. The predicted molar refractivity (Wildman–Crippen MR) is 173 cm³/mol. The molecule has 53 heavy (non-hydrogen) atoms. The van der Waals surface area contributed by atoms with Crippen LogP contribution in [0, 0.1) is 18.8 Å². The van der Waals surface area contributed by atoms with Gasteiger partial charge in [0.05, 0.1) is 25.5 Å². The van der Waals surface area contributed by atoms with E-state index in [1.54, 1.807) is 6.92 Å². The second-order valence-corrected chi connectivity index (χ2v) is 12.3. The van der Waals surface area contributed by atoms with Gasteiger partial charge in [0.1, 0.15) is 0 Å². The summed E-state index contributed by atoms with van der Waals surface area (Å²) in [5.41, 5.74) is 0.230. The zero-order chi connectivity index (χ0) is 39.0. The van der Waals surface area contributed by atoms with Crippen molar-refractivity contribution in [3.05, 3.63) is 126 Å². The van der Waals surface area contributed by atoms with Crippen LogP contribution in [-0.4, -0.2) is 45.0 Å². The molecule has 3 aromatic carbocycles. The predicted octanol–water partition coefficient (Wildman–Crippen LogP) is 9.47. The Labute approximate surface area is 297 Å². The molecule has 0 amide bonds. The first kappa shape index (κ1) is 40.3. The topological polar surface area (TPSA) is 106 Å². The van der Waals surface area contributed by atoms with Crippen LogP contribution in [0.25, 0.3) is 0 Å². The van der Waals surface area contributed by atoms with Crippen molar-refractivity contribution < 1.29 is 66.7 Å². The van der Waals surface area contributed by atoms with Gasteiger partial charge in [-0.3, -0.25) is 0 Å². The normalized spacial score (nSPS) is 12.3. The van der Waals surface area contributed by atoms with Crippen molar-refractivity contribution in [3.8, 4) is 34.8 Å². The van der Waals surface area contributed by atoms with Crippen LogP contribution in [0.4, 0.5) is 35.1 Å². The van der Waals surface area contributed by atoms with Gasteiger partial charge in [0.25, 0.3) is 10.1 Å². The molecule has 0 bridgehead atoms. The molecule has 9 nitrogen and oxygen atoms in total. The monoisotopic (exact) mass is 772 g/mol. The molecule has 0 saturated carbocycles. The first-order valence-corrected chi connectivity index (χ1v) is 16.4. The largest absolute Gasteiger partial charge is 0.493 e. The van der Waals surface area contributed by atoms with Gasteiger partial charge in [-0.25, -0.2) is 4.18 Å². The van der Waals surface area contributed by atoms with Crippen LogP contribution in [0.2, 0.25) is 0 Å². The first-order valence-electron chi connectivity index (χ1n) is 15.0. The second kappa shape index (κ2) is 16.9. The van der Waals surface area contributed by atoms with Crippen LogP contribution < -0.4 is 18.9 Å². The highest BCUT2D eigenvalue weighted by Crippen LogP contribution is 2.42. The van der Waals surface area contributed by atoms with Crippen molar-refractivity contribution in [2.45, 2.75) is 36.7 Å². The molecule has 1 unspecified atom stereocenters. The molecule has 0 aliphatic carbocycles. The summed E-state index contributed by atoms with van der Waals surface area (Å²) in [5.74, 6) is -1.66. The summed E-state index contributed by atoms with van der Waals surface area (Å²) in [6.07, 6.45) is -13.2. The van der Waals surface area contributed by atoms with Gasteiger partial charge < -0.3 is 18.9 Å². The average molecular weight is 773 g/mol. The highest BCUT2D eigenvalue weighted by molar-refractivity contribution is 7.86. The summed E-state index contributed by atoms with van der Waals surface area (Å²) < 4.78 is 155. The summed E-state index contributed by atoms with van der Waals surface area (Å²) in [4.78, 5) is 6.59. The van der Waals surface area contributed by atoms with Gasteiger partial charge in [-0.1, -0.05) is 42.0 Å². The lowest BCUT2D eigenvalue weighted by atomic mass is 10.1. The fraction of sp³-hybridized carbons (Fsp3) is 0.200. The Kier molecular flexibility index (Phi) is 12.8. The van der Waals surface area contributed by atoms with Crippen LogP contribution in [0.15, 0.2) is 102 Å². The third kappa shape index (κ3) is 11.8. The Hall–Kier alpha value is -5.49. The molecular formula is C35H28F8N2O7S. The van der Waals surface area contributed by atoms with Crippen molar-refractivity contribution >= 4 is 10.1 Å². The average Bonchev–Trinajstić information content (AvgIpc) is 3.07. The Bertz CT molecular complexity index is 2110. The van der Waals surface area contributed by atoms with Gasteiger partial charge in [-0.15, -0.1) is 0 Å². The summed E-state index contributed by atoms with van der Waals surface area (Å²) in [5, 5.41) is 0. The molecule has 282 valence electrons. The minimum Gasteiger partial charge on any atom is -0.493 e. The van der Waals surface area contributed by atoms with Gasteiger partial charge in [0.2, 0.25) is 23.7 Å². The van der Waals surface area contributed by atoms with E-state index in [4.69, 9.17) is 18.9 Å². The summed E-state index contributed by atoms with van der Waals surface area (Å²) in [6.45, 7) is 1.70. The highest BCUT2D eigenvalue weighted by atomic mass is 32.2. The van der Waals surface area contributed by atoms with Crippen LogP contribution in [-0.2, 0) is 20.7 Å². The van der Waals surface area contributed by atoms with Gasteiger partial charge in [-0.05, 0) is 66.6 Å². The number of methoxy groups -OCH3 is 2. The van der Waals surface area contributed by atoms with Crippen LogP contribution in [0.5, 0.6) is 34.8 Å². The number of benzene rings is 3. The first-order chi connectivity index (χ1) is 24.9. The number of nitrogens with zero attached hydrogens (tertiary/aromatic N) is 2. The fourth-order valence-electron chi connectivity index (χ4n) is 4.37. The van der Waals surface area contributed by atoms with Crippen LogP contribution in [0.1, 0.15) is 22.8 Å². The van der Waals surface area contributed by atoms with Gasteiger partial charge in [0.15, 0.2) is 29.1 Å². The molecule has 0 fully saturated rings. The molecule has 2 heterocycles. The molecule has 0 aliphatic heterocycles. The summed E-state index contributed by atoms with van der Waals surface area (Å²) >= 11 is 0. The molecule has 0 spiro atoms. The number of alkyl halides is 6. The molecule has 1 atom stereocenters. The van der Waals surface area contributed by atoms with Gasteiger partial charge >= 0.3 is 12.4 Å². The van der Waals surface area contributed by atoms with Crippen molar-refractivity contribution in [1.29, 1.82) is 0 Å². The number of hydrogen-bond acceptors (Lipinski definition) is 9. The van der Waals surface area contributed by atoms with E-state index in [0.717, 1.165) is 48.0 Å². The number of pyridine rings is 2. The Morgan fingerprint density at radius 3 is 1.64 bits per heavy atom. The van der Waals surface area contributed by atoms with E-state index >= 15 is 0 Å². The molecule has 18 heteroatoms. The maximum Gasteiger partial charge on any atom is 0.420 e. The number of rotatable bonds is 11. The summed E-state index contributed by atoms with van der Waals surface area (Å²) in [6, 6.07) is 19.8. The lowest BCUT2D eigenvalue weighted by molar-refractivity contribution is -0.196. The zero-order valence-corrected chi connectivity index (χ0v) is 28.5. The summed E-state index contributed by atoms with van der Waals surface area (Å²) in [7, 11) is -2.25. The number of aryl methyl sites for hydroxylation is 1. The molecule has 0 saturated heterocycles. The number of ether oxygens (including phenoxy) is 4. The molecule has 0 N–H and O–H groups in total. The van der Waals surface area contributed by atoms with Crippen molar-refractivity contribution in [2.75, 3.05) is 14.2 Å². The van der Waals surface area contributed by atoms with E-state index in [0.29, 0.717) is 0 Å². The lowest BCUT2D eigenvalue weighted by Gasteiger charge is -2.22. The van der Waals surface area contributed by atoms with E-state index in [1.165, 1.54) is 68.8 Å². The molecule has 5 rings (SSSR count). The Morgan fingerprint density at radius 1 is 0.660 bits per heavy atom. The standard InChI is InChI=1S/C21H17F4NO5S.C14H11F4NO2/c1-13-6-9-15(10-7-13)32(27,28)31-20(21(23,24)25)14-8-11-16(17(12-14)29-2)30-19-5-3-4-18(22)26-19;1-20-11-7-9(8-14(16,17)18)5-6-10(11)21-13-4-2-3-12(15)19-13/h3-12,20H,1-2H3;2-7H,8H2,1H3. The van der Waals surface area contributed by atoms with Crippen LogP contribution >= 0.6 is 0 Å². The third-order valence-electron chi connectivity index (χ3n) is 6.76. The van der Waals surface area contributed by atoms with E-state index in [1.807, 2.05) is 0 Å². The fourth-order valence-corrected chi connectivity index (χ4v) is 5.43.